The number of carbonyl (C=O) groups excluding carboxylic acids is 1. The Balaban J connectivity index is 2.20. The molecule has 0 spiro atoms. The lowest BCUT2D eigenvalue weighted by Gasteiger charge is -2.20. The molecular weight excluding hydrogens is 226 g/mol. The maximum Gasteiger partial charge on any atom is 0.224 e. The van der Waals surface area contributed by atoms with Gasteiger partial charge in [-0.25, -0.2) is 0 Å². The molecule has 0 aromatic heterocycles. The Labute approximate surface area is 99.7 Å². The van der Waals surface area contributed by atoms with Crippen LogP contribution in [0, 0.1) is 0 Å². The highest BCUT2D eigenvalue weighted by molar-refractivity contribution is 6.20. The zero-order valence-electron chi connectivity index (χ0n) is 9.13. The van der Waals surface area contributed by atoms with Gasteiger partial charge in [0.1, 0.15) is 12.4 Å². The predicted octanol–water partition coefficient (Wildman–Crippen LogP) is 2.58. The fraction of sp³-hybridized carbons (Fsp3) is 0.417. The predicted molar refractivity (Wildman–Crippen MR) is 64.2 cm³/mol. The summed E-state index contributed by atoms with van der Waals surface area (Å²) in [6, 6.07) is 5.68. The minimum atomic E-state index is -0.0194. The van der Waals surface area contributed by atoms with Gasteiger partial charge in [-0.1, -0.05) is 6.07 Å². The fourth-order valence-corrected chi connectivity index (χ4v) is 1.79. The van der Waals surface area contributed by atoms with E-state index in [1.807, 2.05) is 25.1 Å². The summed E-state index contributed by atoms with van der Waals surface area (Å²) in [6.45, 7) is 2.37. The van der Waals surface area contributed by atoms with Gasteiger partial charge in [-0.2, -0.15) is 0 Å². The van der Waals surface area contributed by atoms with Crippen molar-refractivity contribution in [1.29, 1.82) is 0 Å². The lowest BCUT2D eigenvalue weighted by atomic mass is 10.0. The third-order valence-corrected chi connectivity index (χ3v) is 2.60. The van der Waals surface area contributed by atoms with Crippen LogP contribution in [0.15, 0.2) is 18.2 Å². The molecule has 1 aromatic carbocycles. The van der Waals surface area contributed by atoms with Crippen molar-refractivity contribution in [2.24, 2.45) is 0 Å². The molecule has 0 bridgehead atoms. The minimum Gasteiger partial charge on any atom is -0.492 e. The molecule has 1 aliphatic rings. The zero-order valence-corrected chi connectivity index (χ0v) is 9.88. The largest absolute Gasteiger partial charge is 0.492 e. The SMILES string of the molecule is CC(Cl)COc1cccc2c1CCC(=O)N2. The van der Waals surface area contributed by atoms with Gasteiger partial charge < -0.3 is 10.1 Å². The van der Waals surface area contributed by atoms with Crippen LogP contribution in [0.25, 0.3) is 0 Å². The van der Waals surface area contributed by atoms with Crippen molar-refractivity contribution in [3.05, 3.63) is 23.8 Å². The van der Waals surface area contributed by atoms with Crippen LogP contribution in [0.4, 0.5) is 5.69 Å². The lowest BCUT2D eigenvalue weighted by molar-refractivity contribution is -0.116. The summed E-state index contributed by atoms with van der Waals surface area (Å²) in [7, 11) is 0. The molecule has 1 aromatic rings. The molecule has 0 saturated carbocycles. The van der Waals surface area contributed by atoms with Crippen LogP contribution in [0.3, 0.4) is 0 Å². The number of amides is 1. The summed E-state index contributed by atoms with van der Waals surface area (Å²) in [5.74, 6) is 0.889. The number of hydrogen-bond donors (Lipinski definition) is 1. The topological polar surface area (TPSA) is 38.3 Å². The Hall–Kier alpha value is -1.22. The summed E-state index contributed by atoms with van der Waals surface area (Å²) in [6.07, 6.45) is 1.25. The number of anilines is 1. The molecule has 4 heteroatoms. The standard InChI is InChI=1S/C12H14ClNO2/c1-8(13)7-16-11-4-2-3-10-9(11)5-6-12(15)14-10/h2-4,8H,5-7H2,1H3,(H,14,15). The monoisotopic (exact) mass is 239 g/mol. The molecule has 0 radical (unpaired) electrons. The van der Waals surface area contributed by atoms with E-state index in [1.54, 1.807) is 0 Å². The van der Waals surface area contributed by atoms with Crippen molar-refractivity contribution in [3.63, 3.8) is 0 Å². The van der Waals surface area contributed by atoms with Crippen molar-refractivity contribution in [2.45, 2.75) is 25.1 Å². The van der Waals surface area contributed by atoms with E-state index in [-0.39, 0.29) is 11.3 Å². The number of hydrogen-bond acceptors (Lipinski definition) is 2. The first-order valence-electron chi connectivity index (χ1n) is 5.35. The van der Waals surface area contributed by atoms with E-state index in [0.29, 0.717) is 13.0 Å². The first-order chi connectivity index (χ1) is 7.66. The molecule has 1 N–H and O–H groups in total. The number of halogens is 1. The average molecular weight is 240 g/mol. The van der Waals surface area contributed by atoms with Crippen LogP contribution in [0.1, 0.15) is 18.9 Å². The lowest BCUT2D eigenvalue weighted by Crippen LogP contribution is -2.20. The first-order valence-corrected chi connectivity index (χ1v) is 5.79. The van der Waals surface area contributed by atoms with Crippen molar-refractivity contribution in [2.75, 3.05) is 11.9 Å². The molecule has 1 atom stereocenters. The second-order valence-corrected chi connectivity index (χ2v) is 4.67. The number of ether oxygens (including phenoxy) is 1. The zero-order chi connectivity index (χ0) is 11.5. The summed E-state index contributed by atoms with van der Waals surface area (Å²) in [5.41, 5.74) is 1.93. The van der Waals surface area contributed by atoms with Gasteiger partial charge in [0.2, 0.25) is 5.91 Å². The Morgan fingerprint density at radius 1 is 1.50 bits per heavy atom. The van der Waals surface area contributed by atoms with Crippen molar-refractivity contribution in [3.8, 4) is 5.75 Å². The normalized spacial score (nSPS) is 16.2. The van der Waals surface area contributed by atoms with Gasteiger partial charge in [0.15, 0.2) is 0 Å². The third kappa shape index (κ3) is 2.47. The quantitative estimate of drug-likeness (QED) is 0.824. The minimum absolute atomic E-state index is 0.0194. The smallest absolute Gasteiger partial charge is 0.224 e. The third-order valence-electron chi connectivity index (χ3n) is 2.48. The maximum absolute atomic E-state index is 11.2. The Bertz CT molecular complexity index is 404. The highest BCUT2D eigenvalue weighted by atomic mass is 35.5. The summed E-state index contributed by atoms with van der Waals surface area (Å²) >= 11 is 5.84. The van der Waals surface area contributed by atoms with Gasteiger partial charge in [0.05, 0.1) is 5.38 Å². The van der Waals surface area contributed by atoms with E-state index in [1.165, 1.54) is 0 Å². The number of nitrogens with one attached hydrogen (secondary N) is 1. The van der Waals surface area contributed by atoms with Crippen molar-refractivity contribution in [1.82, 2.24) is 0 Å². The maximum atomic E-state index is 11.2. The fourth-order valence-electron chi connectivity index (χ4n) is 1.73. The molecule has 3 nitrogen and oxygen atoms in total. The molecule has 0 fully saturated rings. The van der Waals surface area contributed by atoms with Gasteiger partial charge >= 0.3 is 0 Å². The van der Waals surface area contributed by atoms with Gasteiger partial charge in [0, 0.05) is 17.7 Å². The van der Waals surface area contributed by atoms with E-state index < -0.39 is 0 Å². The number of alkyl halides is 1. The Morgan fingerprint density at radius 2 is 2.31 bits per heavy atom. The Kier molecular flexibility index (Phi) is 3.34. The first kappa shape index (κ1) is 11.3. The number of fused-ring (bicyclic) bond motifs is 1. The highest BCUT2D eigenvalue weighted by Gasteiger charge is 2.18. The van der Waals surface area contributed by atoms with Gasteiger partial charge in [-0.15, -0.1) is 11.6 Å². The second-order valence-electron chi connectivity index (χ2n) is 3.92. The molecule has 16 heavy (non-hydrogen) atoms. The van der Waals surface area contributed by atoms with Crippen LogP contribution >= 0.6 is 11.6 Å². The highest BCUT2D eigenvalue weighted by Crippen LogP contribution is 2.31. The van der Waals surface area contributed by atoms with Crippen molar-refractivity contribution < 1.29 is 9.53 Å². The van der Waals surface area contributed by atoms with Crippen LogP contribution in [-0.4, -0.2) is 17.9 Å². The van der Waals surface area contributed by atoms with Gasteiger partial charge in [0.25, 0.3) is 0 Å². The van der Waals surface area contributed by atoms with Gasteiger partial charge in [-0.3, -0.25) is 4.79 Å². The molecule has 1 heterocycles. The molecule has 1 aliphatic heterocycles. The summed E-state index contributed by atoms with van der Waals surface area (Å²) in [5, 5.41) is 2.82. The molecule has 2 rings (SSSR count). The molecule has 1 amide bonds. The Morgan fingerprint density at radius 3 is 3.06 bits per heavy atom. The molecule has 86 valence electrons. The van der Waals surface area contributed by atoms with E-state index in [9.17, 15) is 4.79 Å². The second kappa shape index (κ2) is 4.74. The molecular formula is C12H14ClNO2. The molecule has 0 saturated heterocycles. The van der Waals surface area contributed by atoms with Gasteiger partial charge in [-0.05, 0) is 25.5 Å². The van der Waals surface area contributed by atoms with Crippen molar-refractivity contribution >= 4 is 23.2 Å². The molecule has 1 unspecified atom stereocenters. The van der Waals surface area contributed by atoms with E-state index in [4.69, 9.17) is 16.3 Å². The summed E-state index contributed by atoms with van der Waals surface area (Å²) < 4.78 is 5.62. The van der Waals surface area contributed by atoms with Crippen LogP contribution < -0.4 is 10.1 Å². The number of benzene rings is 1. The van der Waals surface area contributed by atoms with E-state index >= 15 is 0 Å². The number of rotatable bonds is 3. The van der Waals surface area contributed by atoms with Crippen LogP contribution in [-0.2, 0) is 11.2 Å². The van der Waals surface area contributed by atoms with E-state index in [2.05, 4.69) is 5.32 Å². The van der Waals surface area contributed by atoms with Crippen LogP contribution in [0.2, 0.25) is 0 Å². The molecule has 0 aliphatic carbocycles. The average Bonchev–Trinajstić information content (AvgIpc) is 2.25. The summed E-state index contributed by atoms with van der Waals surface area (Å²) in [4.78, 5) is 11.2. The van der Waals surface area contributed by atoms with E-state index in [0.717, 1.165) is 23.4 Å². The van der Waals surface area contributed by atoms with Crippen LogP contribution in [0.5, 0.6) is 5.75 Å². The number of carbonyl (C=O) groups is 1.